The Labute approximate surface area is 189 Å². The molecule has 0 unspecified atom stereocenters. The van der Waals surface area contributed by atoms with Gasteiger partial charge in [0.15, 0.2) is 16.7 Å². The van der Waals surface area contributed by atoms with Crippen LogP contribution < -0.4 is 15.4 Å². The second-order valence-corrected chi connectivity index (χ2v) is 8.85. The largest absolute Gasteiger partial charge is 0.491 e. The molecule has 0 aliphatic heterocycles. The van der Waals surface area contributed by atoms with Crippen LogP contribution in [0.5, 0.6) is 5.75 Å². The van der Waals surface area contributed by atoms with Crippen LogP contribution in [-0.2, 0) is 12.8 Å². The predicted octanol–water partition coefficient (Wildman–Crippen LogP) is 4.91. The van der Waals surface area contributed by atoms with E-state index in [1.54, 1.807) is 13.1 Å². The van der Waals surface area contributed by atoms with Gasteiger partial charge in [-0.1, -0.05) is 19.9 Å². The van der Waals surface area contributed by atoms with Crippen molar-refractivity contribution in [3.8, 4) is 5.75 Å². The second kappa shape index (κ2) is 10.3. The molecule has 32 heavy (non-hydrogen) atoms. The lowest BCUT2D eigenvalue weighted by atomic mass is 10.2. The van der Waals surface area contributed by atoms with E-state index in [4.69, 9.17) is 14.3 Å². The molecule has 9 nitrogen and oxygen atoms in total. The average Bonchev–Trinajstić information content (AvgIpc) is 3.32. The summed E-state index contributed by atoms with van der Waals surface area (Å²) in [5.74, 6) is 0.509. The third-order valence-electron chi connectivity index (χ3n) is 4.36. The predicted molar refractivity (Wildman–Crippen MR) is 122 cm³/mol. The molecule has 0 aliphatic carbocycles. The van der Waals surface area contributed by atoms with Gasteiger partial charge in [-0.2, -0.15) is 0 Å². The van der Waals surface area contributed by atoms with Crippen molar-refractivity contribution in [2.45, 2.75) is 40.5 Å². The molecule has 0 atom stereocenters. The average molecular weight is 459 g/mol. The quantitative estimate of drug-likeness (QED) is 0.416. The van der Waals surface area contributed by atoms with Gasteiger partial charge in [-0.25, -0.2) is 19.6 Å². The number of benzene rings is 1. The van der Waals surface area contributed by atoms with Crippen LogP contribution in [0.15, 0.2) is 28.8 Å². The zero-order chi connectivity index (χ0) is 23.3. The molecule has 0 aliphatic rings. The van der Waals surface area contributed by atoms with Crippen LogP contribution in [0, 0.1) is 19.8 Å². The number of nitrogens with one attached hydrogen (secondary N) is 2. The van der Waals surface area contributed by atoms with Gasteiger partial charge in [0.25, 0.3) is 0 Å². The maximum atomic E-state index is 12.5. The van der Waals surface area contributed by atoms with E-state index in [1.807, 2.05) is 25.1 Å². The van der Waals surface area contributed by atoms with Crippen LogP contribution >= 0.6 is 11.3 Å². The first-order chi connectivity index (χ1) is 15.2. The number of carboxylic acids is 1. The Morgan fingerprint density at radius 3 is 2.69 bits per heavy atom. The zero-order valence-electron chi connectivity index (χ0n) is 18.4. The molecule has 3 aromatic rings. The van der Waals surface area contributed by atoms with Crippen molar-refractivity contribution < 1.29 is 23.8 Å². The number of nitrogens with zero attached hydrogens (tertiary/aromatic N) is 2. The number of carbonyl (C=O) groups is 2. The van der Waals surface area contributed by atoms with Crippen molar-refractivity contribution in [3.63, 3.8) is 0 Å². The fourth-order valence-corrected chi connectivity index (χ4v) is 3.63. The minimum atomic E-state index is -1.11. The highest BCUT2D eigenvalue weighted by atomic mass is 32.1. The molecule has 0 fully saturated rings. The number of anilines is 2. The number of hydrogen-bond donors (Lipinski definition) is 3. The fourth-order valence-electron chi connectivity index (χ4n) is 2.83. The molecule has 2 amide bonds. The van der Waals surface area contributed by atoms with E-state index in [0.29, 0.717) is 47.8 Å². The van der Waals surface area contributed by atoms with E-state index in [1.165, 1.54) is 11.3 Å². The van der Waals surface area contributed by atoms with E-state index < -0.39 is 12.0 Å². The Kier molecular flexibility index (Phi) is 7.47. The summed E-state index contributed by atoms with van der Waals surface area (Å²) < 4.78 is 11.2. The molecule has 3 N–H and O–H groups in total. The molecule has 170 valence electrons. The van der Waals surface area contributed by atoms with Gasteiger partial charge in [0.2, 0.25) is 0 Å². The molecular weight excluding hydrogens is 432 g/mol. The number of carbonyl (C=O) groups excluding carboxylic acids is 1. The summed E-state index contributed by atoms with van der Waals surface area (Å²) in [5, 5.41) is 15.0. The minimum absolute atomic E-state index is 0.0730. The SMILES string of the molecule is Cc1ccc(NC(=O)Nc2ncc(CCc3nc(C(=O)O)c(C)o3)s2)c(OCC(C)C)c1. The van der Waals surface area contributed by atoms with Gasteiger partial charge in [0, 0.05) is 17.5 Å². The maximum Gasteiger partial charge on any atom is 0.358 e. The van der Waals surface area contributed by atoms with Crippen LogP contribution in [0.2, 0.25) is 0 Å². The van der Waals surface area contributed by atoms with Crippen LogP contribution in [0.1, 0.15) is 46.4 Å². The van der Waals surface area contributed by atoms with Crippen molar-refractivity contribution in [2.75, 3.05) is 17.2 Å². The lowest BCUT2D eigenvalue weighted by Gasteiger charge is -2.14. The van der Waals surface area contributed by atoms with E-state index in [9.17, 15) is 9.59 Å². The number of aromatic nitrogens is 2. The lowest BCUT2D eigenvalue weighted by molar-refractivity contribution is 0.0689. The molecule has 10 heteroatoms. The van der Waals surface area contributed by atoms with Gasteiger partial charge in [0.05, 0.1) is 12.3 Å². The van der Waals surface area contributed by atoms with Crippen LogP contribution in [0.4, 0.5) is 15.6 Å². The van der Waals surface area contributed by atoms with Crippen molar-refractivity contribution >= 4 is 34.2 Å². The molecule has 3 rings (SSSR count). The van der Waals surface area contributed by atoms with Gasteiger partial charge in [0.1, 0.15) is 11.5 Å². The molecular formula is C22H26N4O5S. The molecule has 2 aromatic heterocycles. The third kappa shape index (κ3) is 6.30. The number of amides is 2. The van der Waals surface area contributed by atoms with Crippen LogP contribution in [0.25, 0.3) is 0 Å². The molecule has 0 radical (unpaired) electrons. The number of aryl methyl sites for hydroxylation is 4. The Morgan fingerprint density at radius 1 is 1.22 bits per heavy atom. The van der Waals surface area contributed by atoms with Gasteiger partial charge >= 0.3 is 12.0 Å². The second-order valence-electron chi connectivity index (χ2n) is 7.73. The highest BCUT2D eigenvalue weighted by molar-refractivity contribution is 7.15. The Balaban J connectivity index is 1.57. The van der Waals surface area contributed by atoms with Crippen molar-refractivity contribution in [1.82, 2.24) is 9.97 Å². The number of oxazole rings is 1. The number of rotatable bonds is 9. The summed E-state index contributed by atoms with van der Waals surface area (Å²) in [4.78, 5) is 32.7. The Morgan fingerprint density at radius 2 is 2.00 bits per heavy atom. The van der Waals surface area contributed by atoms with Crippen molar-refractivity contribution in [3.05, 3.63) is 52.2 Å². The molecule has 1 aromatic carbocycles. The molecule has 0 spiro atoms. The summed E-state index contributed by atoms with van der Waals surface area (Å²) in [5.41, 5.74) is 1.55. The molecule has 2 heterocycles. The number of hydrogen-bond acceptors (Lipinski definition) is 7. The summed E-state index contributed by atoms with van der Waals surface area (Å²) >= 11 is 1.33. The monoisotopic (exact) mass is 458 g/mol. The smallest absolute Gasteiger partial charge is 0.358 e. The van der Waals surface area contributed by atoms with Gasteiger partial charge in [-0.05, 0) is 43.9 Å². The first kappa shape index (κ1) is 23.3. The summed E-state index contributed by atoms with van der Waals surface area (Å²) in [6, 6.07) is 5.18. The first-order valence-corrected chi connectivity index (χ1v) is 11.0. The summed E-state index contributed by atoms with van der Waals surface area (Å²) in [7, 11) is 0. The lowest BCUT2D eigenvalue weighted by Crippen LogP contribution is -2.20. The molecule has 0 saturated carbocycles. The maximum absolute atomic E-state index is 12.5. The fraction of sp³-hybridized carbons (Fsp3) is 0.364. The normalized spacial score (nSPS) is 10.9. The number of urea groups is 1. The van der Waals surface area contributed by atoms with E-state index in [2.05, 4.69) is 34.4 Å². The highest BCUT2D eigenvalue weighted by Gasteiger charge is 2.16. The summed E-state index contributed by atoms with van der Waals surface area (Å²) in [6.45, 7) is 8.20. The van der Waals surface area contributed by atoms with Crippen LogP contribution in [-0.4, -0.2) is 33.7 Å². The number of thiazole rings is 1. The number of aromatic carboxylic acids is 1. The number of carboxylic acid groups (broad SMARTS) is 1. The zero-order valence-corrected chi connectivity index (χ0v) is 19.2. The van der Waals surface area contributed by atoms with Crippen molar-refractivity contribution in [2.24, 2.45) is 5.92 Å². The standard InChI is InChI=1S/C22H26N4O5S/c1-12(2)11-30-17-9-13(3)5-7-16(17)24-21(29)26-22-23-10-15(32-22)6-8-18-25-19(20(27)28)14(4)31-18/h5,7,9-10,12H,6,8,11H2,1-4H3,(H,27,28)(H2,23,24,26,29). The van der Waals surface area contributed by atoms with E-state index >= 15 is 0 Å². The topological polar surface area (TPSA) is 127 Å². The summed E-state index contributed by atoms with van der Waals surface area (Å²) in [6.07, 6.45) is 2.66. The molecule has 0 bridgehead atoms. The van der Waals surface area contributed by atoms with Crippen LogP contribution in [0.3, 0.4) is 0 Å². The van der Waals surface area contributed by atoms with E-state index in [0.717, 1.165) is 10.4 Å². The Hall–Kier alpha value is -3.40. The molecule has 0 saturated heterocycles. The van der Waals surface area contributed by atoms with E-state index in [-0.39, 0.29) is 11.5 Å². The first-order valence-electron chi connectivity index (χ1n) is 10.2. The van der Waals surface area contributed by atoms with Gasteiger partial charge in [-0.15, -0.1) is 11.3 Å². The van der Waals surface area contributed by atoms with Crippen molar-refractivity contribution in [1.29, 1.82) is 0 Å². The van der Waals surface area contributed by atoms with Gasteiger partial charge in [-0.3, -0.25) is 5.32 Å². The Bertz CT molecular complexity index is 1110. The number of ether oxygens (including phenoxy) is 1. The third-order valence-corrected chi connectivity index (χ3v) is 5.33. The highest BCUT2D eigenvalue weighted by Crippen LogP contribution is 2.27. The minimum Gasteiger partial charge on any atom is -0.491 e. The van der Waals surface area contributed by atoms with Gasteiger partial charge < -0.3 is 19.6 Å².